The maximum atomic E-state index is 2.34. The van der Waals surface area contributed by atoms with Crippen LogP contribution in [0.25, 0.3) is 12.2 Å². The van der Waals surface area contributed by atoms with Crippen LogP contribution in [0.15, 0.2) is 71.8 Å². The van der Waals surface area contributed by atoms with Gasteiger partial charge < -0.3 is 0 Å². The van der Waals surface area contributed by atoms with Crippen molar-refractivity contribution >= 4 is 12.2 Å². The maximum Gasteiger partial charge on any atom is -0.0254 e. The van der Waals surface area contributed by atoms with Crippen molar-refractivity contribution in [1.82, 2.24) is 0 Å². The molecule has 0 aliphatic heterocycles. The molecule has 0 heteroatoms. The highest BCUT2D eigenvalue weighted by Crippen LogP contribution is 2.33. The van der Waals surface area contributed by atoms with E-state index < -0.39 is 0 Å². The molecule has 1 aliphatic carbocycles. The Hall–Kier alpha value is -2.08. The van der Waals surface area contributed by atoms with Crippen molar-refractivity contribution in [2.24, 2.45) is 0 Å². The van der Waals surface area contributed by atoms with Crippen LogP contribution in [0.4, 0.5) is 0 Å². The lowest BCUT2D eigenvalue weighted by Gasteiger charge is -2.02. The van der Waals surface area contributed by atoms with Gasteiger partial charge in [0.25, 0.3) is 0 Å². The molecule has 3 rings (SSSR count). The Morgan fingerprint density at radius 3 is 1.42 bits per heavy atom. The van der Waals surface area contributed by atoms with E-state index in [1.54, 1.807) is 0 Å². The molecule has 0 bridgehead atoms. The first-order chi connectivity index (χ1) is 9.42. The van der Waals surface area contributed by atoms with E-state index in [9.17, 15) is 0 Å². The standard InChI is InChI=1S/C19H18/c1-3-8-16(9-4-1)14-18-12-7-13-19(18)15-17-10-5-2-6-11-17/h1-6,8-11,14-15H,7,12-13H2/b18-14-,19-15+. The van der Waals surface area contributed by atoms with Crippen molar-refractivity contribution in [1.29, 1.82) is 0 Å². The van der Waals surface area contributed by atoms with E-state index in [0.29, 0.717) is 0 Å². The SMILES string of the molecule is C(=C1\CCC\C1=C/c1ccccc1)/c1ccccc1. The minimum Gasteiger partial charge on any atom is -0.0622 e. The number of allylic oxidation sites excluding steroid dienone is 2. The molecular weight excluding hydrogens is 228 g/mol. The molecule has 2 aromatic rings. The number of benzene rings is 2. The molecule has 1 saturated carbocycles. The van der Waals surface area contributed by atoms with Gasteiger partial charge in [-0.1, -0.05) is 72.8 Å². The molecule has 0 N–H and O–H groups in total. The first-order valence-corrected chi connectivity index (χ1v) is 6.93. The molecule has 0 nitrogen and oxygen atoms in total. The molecule has 0 amide bonds. The van der Waals surface area contributed by atoms with Gasteiger partial charge in [-0.2, -0.15) is 0 Å². The van der Waals surface area contributed by atoms with Gasteiger partial charge in [0.1, 0.15) is 0 Å². The van der Waals surface area contributed by atoms with Crippen LogP contribution in [0, 0.1) is 0 Å². The van der Waals surface area contributed by atoms with Crippen LogP contribution in [0.5, 0.6) is 0 Å². The van der Waals surface area contributed by atoms with Gasteiger partial charge in [-0.3, -0.25) is 0 Å². The van der Waals surface area contributed by atoms with Gasteiger partial charge >= 0.3 is 0 Å². The Bertz CT molecular complexity index is 533. The van der Waals surface area contributed by atoms with Gasteiger partial charge in [0.15, 0.2) is 0 Å². The second-order valence-corrected chi connectivity index (χ2v) is 5.01. The van der Waals surface area contributed by atoms with Crippen LogP contribution in [-0.4, -0.2) is 0 Å². The average Bonchev–Trinajstić information content (AvgIpc) is 2.88. The molecule has 0 radical (unpaired) electrons. The van der Waals surface area contributed by atoms with Crippen molar-refractivity contribution in [3.63, 3.8) is 0 Å². The number of hydrogen-bond donors (Lipinski definition) is 0. The fraction of sp³-hybridized carbons (Fsp3) is 0.158. The molecule has 94 valence electrons. The maximum absolute atomic E-state index is 2.34. The summed E-state index contributed by atoms with van der Waals surface area (Å²) in [4.78, 5) is 0. The summed E-state index contributed by atoms with van der Waals surface area (Å²) in [6.45, 7) is 0. The number of rotatable bonds is 2. The predicted molar refractivity (Wildman–Crippen MR) is 82.7 cm³/mol. The first-order valence-electron chi connectivity index (χ1n) is 6.93. The fourth-order valence-electron chi connectivity index (χ4n) is 2.62. The quantitative estimate of drug-likeness (QED) is 0.671. The van der Waals surface area contributed by atoms with Gasteiger partial charge in [0.05, 0.1) is 0 Å². The zero-order valence-corrected chi connectivity index (χ0v) is 11.0. The van der Waals surface area contributed by atoms with E-state index in [1.165, 1.54) is 41.5 Å². The Labute approximate surface area is 115 Å². The van der Waals surface area contributed by atoms with Crippen LogP contribution in [0.1, 0.15) is 30.4 Å². The summed E-state index contributed by atoms with van der Waals surface area (Å²) in [6, 6.07) is 21.2. The molecule has 0 unspecified atom stereocenters. The number of hydrogen-bond acceptors (Lipinski definition) is 0. The first kappa shape index (κ1) is 12.0. The highest BCUT2D eigenvalue weighted by atomic mass is 14.2. The fourth-order valence-corrected chi connectivity index (χ4v) is 2.62. The summed E-state index contributed by atoms with van der Waals surface area (Å²) < 4.78 is 0. The largest absolute Gasteiger partial charge is 0.0622 e. The molecule has 0 saturated heterocycles. The third-order valence-electron chi connectivity index (χ3n) is 3.59. The van der Waals surface area contributed by atoms with Crippen LogP contribution >= 0.6 is 0 Å². The van der Waals surface area contributed by atoms with Gasteiger partial charge in [-0.05, 0) is 41.5 Å². The smallest absolute Gasteiger partial charge is 0.0254 e. The summed E-state index contributed by atoms with van der Waals surface area (Å²) in [5.74, 6) is 0. The van der Waals surface area contributed by atoms with E-state index in [4.69, 9.17) is 0 Å². The molecule has 0 spiro atoms. The molecule has 0 atom stereocenters. The van der Waals surface area contributed by atoms with Crippen LogP contribution in [0.3, 0.4) is 0 Å². The van der Waals surface area contributed by atoms with Crippen molar-refractivity contribution in [3.8, 4) is 0 Å². The minimum atomic E-state index is 1.20. The topological polar surface area (TPSA) is 0 Å². The van der Waals surface area contributed by atoms with E-state index in [-0.39, 0.29) is 0 Å². The van der Waals surface area contributed by atoms with E-state index in [0.717, 1.165) is 0 Å². The summed E-state index contributed by atoms with van der Waals surface area (Å²) in [5.41, 5.74) is 5.60. The predicted octanol–water partition coefficient (Wildman–Crippen LogP) is 5.34. The van der Waals surface area contributed by atoms with Crippen molar-refractivity contribution in [3.05, 3.63) is 82.9 Å². The van der Waals surface area contributed by atoms with Crippen LogP contribution < -0.4 is 0 Å². The lowest BCUT2D eigenvalue weighted by molar-refractivity contribution is 0.935. The average molecular weight is 246 g/mol. The third kappa shape index (κ3) is 3.03. The molecule has 0 aromatic heterocycles. The van der Waals surface area contributed by atoms with Crippen LogP contribution in [0.2, 0.25) is 0 Å². The molecule has 0 heterocycles. The van der Waals surface area contributed by atoms with Gasteiger partial charge in [-0.25, -0.2) is 0 Å². The minimum absolute atomic E-state index is 1.20. The zero-order chi connectivity index (χ0) is 12.9. The lowest BCUT2D eigenvalue weighted by Crippen LogP contribution is -1.81. The summed E-state index contributed by atoms with van der Waals surface area (Å²) in [5, 5.41) is 0. The van der Waals surface area contributed by atoms with Crippen LogP contribution in [-0.2, 0) is 0 Å². The second kappa shape index (κ2) is 5.71. The Morgan fingerprint density at radius 1 is 0.579 bits per heavy atom. The van der Waals surface area contributed by atoms with Gasteiger partial charge in [-0.15, -0.1) is 0 Å². The van der Waals surface area contributed by atoms with Crippen molar-refractivity contribution in [2.75, 3.05) is 0 Å². The molecule has 1 aliphatic rings. The normalized spacial score (nSPS) is 19.2. The Balaban J connectivity index is 1.90. The molecule has 1 fully saturated rings. The molecule has 19 heavy (non-hydrogen) atoms. The summed E-state index contributed by atoms with van der Waals surface area (Å²) >= 11 is 0. The summed E-state index contributed by atoms with van der Waals surface area (Å²) in [7, 11) is 0. The highest BCUT2D eigenvalue weighted by Gasteiger charge is 2.13. The second-order valence-electron chi connectivity index (χ2n) is 5.01. The van der Waals surface area contributed by atoms with E-state index >= 15 is 0 Å². The summed E-state index contributed by atoms with van der Waals surface area (Å²) in [6.07, 6.45) is 8.35. The van der Waals surface area contributed by atoms with Gasteiger partial charge in [0.2, 0.25) is 0 Å². The van der Waals surface area contributed by atoms with E-state index in [2.05, 4.69) is 72.8 Å². The van der Waals surface area contributed by atoms with Gasteiger partial charge in [0, 0.05) is 0 Å². The van der Waals surface area contributed by atoms with E-state index in [1.807, 2.05) is 0 Å². The zero-order valence-electron chi connectivity index (χ0n) is 11.0. The third-order valence-corrected chi connectivity index (χ3v) is 3.59. The molecule has 2 aromatic carbocycles. The Morgan fingerprint density at radius 2 is 1.00 bits per heavy atom. The molecular formula is C19H18. The lowest BCUT2D eigenvalue weighted by atomic mass is 10.0. The monoisotopic (exact) mass is 246 g/mol. The van der Waals surface area contributed by atoms with Crippen molar-refractivity contribution in [2.45, 2.75) is 19.3 Å². The Kier molecular flexibility index (Phi) is 3.60. The van der Waals surface area contributed by atoms with Crippen molar-refractivity contribution < 1.29 is 0 Å². The highest BCUT2D eigenvalue weighted by molar-refractivity contribution is 5.67.